The number of nitro groups is 1. The van der Waals surface area contributed by atoms with E-state index in [4.69, 9.17) is 0 Å². The minimum Gasteiger partial charge on any atom is -0.377 e. The number of rotatable bonds is 8. The number of nitro benzene ring substituents is 1. The molecule has 3 rings (SSSR count). The number of benzene rings is 2. The topological polar surface area (TPSA) is 75.5 Å². The summed E-state index contributed by atoms with van der Waals surface area (Å²) in [5.41, 5.74) is 1.56. The molecule has 1 saturated carbocycles. The summed E-state index contributed by atoms with van der Waals surface area (Å²) in [5.74, 6) is -0.217. The van der Waals surface area contributed by atoms with Gasteiger partial charge in [0.1, 0.15) is 5.69 Å². The number of carbonyl (C=O) groups is 1. The molecule has 0 aliphatic heterocycles. The lowest BCUT2D eigenvalue weighted by molar-refractivity contribution is -0.384. The molecule has 6 nitrogen and oxygen atoms in total. The third kappa shape index (κ3) is 4.20. The highest BCUT2D eigenvalue weighted by molar-refractivity contribution is 6.06. The summed E-state index contributed by atoms with van der Waals surface area (Å²) in [6, 6.07) is 14.4. The summed E-state index contributed by atoms with van der Waals surface area (Å²) in [6.07, 6.45) is 3.87. The van der Waals surface area contributed by atoms with Crippen LogP contribution in [0.3, 0.4) is 0 Å². The molecule has 0 spiro atoms. The molecule has 0 aromatic heterocycles. The highest BCUT2D eigenvalue weighted by atomic mass is 16.6. The van der Waals surface area contributed by atoms with Crippen LogP contribution in [0.15, 0.2) is 48.5 Å². The number of para-hydroxylation sites is 1. The molecule has 0 saturated heterocycles. The number of nitrogens with one attached hydrogen (secondary N) is 1. The number of carbonyl (C=O) groups excluding carboxylic acids is 1. The molecule has 1 fully saturated rings. The molecule has 0 bridgehead atoms. The fraction of sp³-hybridized carbons (Fsp3) is 0.350. The van der Waals surface area contributed by atoms with Gasteiger partial charge in [-0.1, -0.05) is 31.5 Å². The van der Waals surface area contributed by atoms with E-state index in [1.807, 2.05) is 30.3 Å². The molecule has 1 aliphatic rings. The Labute approximate surface area is 153 Å². The summed E-state index contributed by atoms with van der Waals surface area (Å²) in [6.45, 7) is 2.64. The van der Waals surface area contributed by atoms with Crippen LogP contribution in [0.1, 0.15) is 43.0 Å². The van der Waals surface area contributed by atoms with Gasteiger partial charge >= 0.3 is 0 Å². The summed E-state index contributed by atoms with van der Waals surface area (Å²) < 4.78 is 0. The van der Waals surface area contributed by atoms with Crippen molar-refractivity contribution in [2.24, 2.45) is 0 Å². The van der Waals surface area contributed by atoms with Crippen molar-refractivity contribution in [1.29, 1.82) is 0 Å². The van der Waals surface area contributed by atoms with Crippen molar-refractivity contribution in [2.75, 3.05) is 16.8 Å². The van der Waals surface area contributed by atoms with E-state index < -0.39 is 4.92 Å². The molecule has 136 valence electrons. The van der Waals surface area contributed by atoms with Crippen LogP contribution in [-0.4, -0.2) is 23.4 Å². The first-order chi connectivity index (χ1) is 12.6. The molecule has 2 aromatic rings. The molecule has 1 N–H and O–H groups in total. The lowest BCUT2D eigenvalue weighted by Crippen LogP contribution is -2.32. The van der Waals surface area contributed by atoms with Gasteiger partial charge in [0.25, 0.3) is 11.6 Å². The Morgan fingerprint density at radius 1 is 1.23 bits per heavy atom. The van der Waals surface area contributed by atoms with Gasteiger partial charge in [-0.15, -0.1) is 0 Å². The number of amides is 1. The number of unbranched alkanes of at least 4 members (excludes halogenated alkanes) is 1. The first-order valence-corrected chi connectivity index (χ1v) is 9.02. The molecule has 0 heterocycles. The van der Waals surface area contributed by atoms with Crippen LogP contribution < -0.4 is 10.2 Å². The third-order valence-corrected chi connectivity index (χ3v) is 4.43. The number of nitrogens with zero attached hydrogens (tertiary/aromatic N) is 2. The Morgan fingerprint density at radius 3 is 2.58 bits per heavy atom. The number of hydrogen-bond acceptors (Lipinski definition) is 4. The van der Waals surface area contributed by atoms with E-state index in [0.29, 0.717) is 23.8 Å². The van der Waals surface area contributed by atoms with Crippen molar-refractivity contribution < 1.29 is 9.72 Å². The maximum absolute atomic E-state index is 13.1. The van der Waals surface area contributed by atoms with E-state index in [1.165, 1.54) is 6.07 Å². The van der Waals surface area contributed by atoms with E-state index in [9.17, 15) is 14.9 Å². The largest absolute Gasteiger partial charge is 0.377 e. The Hall–Kier alpha value is -2.89. The third-order valence-electron chi connectivity index (χ3n) is 4.43. The van der Waals surface area contributed by atoms with Crippen molar-refractivity contribution in [2.45, 2.75) is 38.6 Å². The second-order valence-electron chi connectivity index (χ2n) is 6.55. The zero-order valence-corrected chi connectivity index (χ0v) is 14.9. The van der Waals surface area contributed by atoms with Crippen LogP contribution in [0.25, 0.3) is 0 Å². The van der Waals surface area contributed by atoms with Gasteiger partial charge in [0, 0.05) is 29.9 Å². The Morgan fingerprint density at radius 2 is 1.96 bits per heavy atom. The van der Waals surface area contributed by atoms with Crippen LogP contribution in [0.4, 0.5) is 17.1 Å². The van der Waals surface area contributed by atoms with Crippen LogP contribution in [0, 0.1) is 10.1 Å². The molecule has 6 heteroatoms. The molecule has 1 aliphatic carbocycles. The molecule has 2 aromatic carbocycles. The van der Waals surface area contributed by atoms with Crippen molar-refractivity contribution in [3.8, 4) is 0 Å². The van der Waals surface area contributed by atoms with Gasteiger partial charge in [0.2, 0.25) is 0 Å². The monoisotopic (exact) mass is 353 g/mol. The Kier molecular flexibility index (Phi) is 5.51. The van der Waals surface area contributed by atoms with Crippen LogP contribution >= 0.6 is 0 Å². The average molecular weight is 353 g/mol. The molecular weight excluding hydrogens is 330 g/mol. The van der Waals surface area contributed by atoms with Gasteiger partial charge < -0.3 is 10.2 Å². The highest BCUT2D eigenvalue weighted by Gasteiger charge is 2.26. The van der Waals surface area contributed by atoms with Gasteiger partial charge in [-0.2, -0.15) is 0 Å². The van der Waals surface area contributed by atoms with Crippen LogP contribution in [0.5, 0.6) is 0 Å². The van der Waals surface area contributed by atoms with Crippen molar-refractivity contribution in [1.82, 2.24) is 0 Å². The van der Waals surface area contributed by atoms with E-state index in [0.717, 1.165) is 31.4 Å². The highest BCUT2D eigenvalue weighted by Crippen LogP contribution is 2.32. The second kappa shape index (κ2) is 7.99. The van der Waals surface area contributed by atoms with Crippen molar-refractivity contribution in [3.05, 3.63) is 64.2 Å². The lowest BCUT2D eigenvalue weighted by Gasteiger charge is -2.23. The summed E-state index contributed by atoms with van der Waals surface area (Å²) >= 11 is 0. The lowest BCUT2D eigenvalue weighted by atomic mass is 10.1. The molecule has 0 unspecified atom stereocenters. The quantitative estimate of drug-likeness (QED) is 0.555. The first kappa shape index (κ1) is 17.9. The van der Waals surface area contributed by atoms with Crippen molar-refractivity contribution in [3.63, 3.8) is 0 Å². The van der Waals surface area contributed by atoms with Gasteiger partial charge in [-0.25, -0.2) is 0 Å². The predicted molar refractivity (Wildman–Crippen MR) is 103 cm³/mol. The second-order valence-corrected chi connectivity index (χ2v) is 6.55. The van der Waals surface area contributed by atoms with Crippen LogP contribution in [0.2, 0.25) is 0 Å². The first-order valence-electron chi connectivity index (χ1n) is 9.02. The fourth-order valence-electron chi connectivity index (χ4n) is 2.81. The smallest absolute Gasteiger partial charge is 0.293 e. The van der Waals surface area contributed by atoms with Crippen LogP contribution in [-0.2, 0) is 0 Å². The molecule has 1 amide bonds. The minimum absolute atomic E-state index is 0.0498. The molecule has 0 atom stereocenters. The van der Waals surface area contributed by atoms with E-state index in [1.54, 1.807) is 17.0 Å². The summed E-state index contributed by atoms with van der Waals surface area (Å²) in [4.78, 5) is 25.8. The summed E-state index contributed by atoms with van der Waals surface area (Å²) in [7, 11) is 0. The molecular formula is C20H23N3O3. The molecule has 26 heavy (non-hydrogen) atoms. The van der Waals surface area contributed by atoms with Gasteiger partial charge in [0.15, 0.2) is 0 Å². The van der Waals surface area contributed by atoms with E-state index in [2.05, 4.69) is 12.2 Å². The zero-order valence-electron chi connectivity index (χ0n) is 14.9. The Bertz CT molecular complexity index is 788. The maximum Gasteiger partial charge on any atom is 0.293 e. The molecule has 0 radical (unpaired) electrons. The zero-order chi connectivity index (χ0) is 18.5. The Balaban J connectivity index is 1.90. The average Bonchev–Trinajstić information content (AvgIpc) is 3.47. The van der Waals surface area contributed by atoms with Gasteiger partial charge in [-0.05, 0) is 43.5 Å². The summed E-state index contributed by atoms with van der Waals surface area (Å²) in [5, 5.41) is 14.6. The predicted octanol–water partition coefficient (Wildman–Crippen LogP) is 4.62. The van der Waals surface area contributed by atoms with E-state index >= 15 is 0 Å². The standard InChI is InChI=1S/C20H23N3O3/c1-2-3-13-22(17-7-5-4-6-8-17)20(24)15-9-12-18(21-16-10-11-16)19(14-15)23(25)26/h4-9,12,14,16,21H,2-3,10-11,13H2,1H3. The fourth-order valence-corrected chi connectivity index (χ4v) is 2.81. The van der Waals surface area contributed by atoms with Crippen molar-refractivity contribution >= 4 is 23.0 Å². The SMILES string of the molecule is CCCCN(C(=O)c1ccc(NC2CC2)c([N+](=O)[O-])c1)c1ccccc1. The minimum atomic E-state index is -0.430. The number of anilines is 2. The van der Waals surface area contributed by atoms with Gasteiger partial charge in [0.05, 0.1) is 4.92 Å². The normalized spacial score (nSPS) is 13.3. The maximum atomic E-state index is 13.1. The number of hydrogen-bond donors (Lipinski definition) is 1. The van der Waals surface area contributed by atoms with Gasteiger partial charge in [-0.3, -0.25) is 14.9 Å². The van der Waals surface area contributed by atoms with E-state index in [-0.39, 0.29) is 11.6 Å².